The van der Waals surface area contributed by atoms with Crippen molar-refractivity contribution in [1.82, 2.24) is 0 Å². The molecule has 0 spiro atoms. The highest BCUT2D eigenvalue weighted by Crippen LogP contribution is 2.14. The van der Waals surface area contributed by atoms with E-state index in [1.807, 2.05) is 0 Å². The Labute approximate surface area is 89.1 Å². The van der Waals surface area contributed by atoms with Crippen molar-refractivity contribution in [3.63, 3.8) is 0 Å². The van der Waals surface area contributed by atoms with Crippen LogP contribution < -0.4 is 5.32 Å². The van der Waals surface area contributed by atoms with Gasteiger partial charge in [-0.05, 0) is 30.7 Å². The SMILES string of the molecule is C#CCCNc1ccc(C(=O)O)c(C)c1. The molecule has 0 heterocycles. The molecular formula is C12H13NO2. The Hall–Kier alpha value is -1.95. The van der Waals surface area contributed by atoms with Crippen molar-refractivity contribution in [2.45, 2.75) is 13.3 Å². The van der Waals surface area contributed by atoms with Crippen LogP contribution in [0.4, 0.5) is 5.69 Å². The molecule has 0 aliphatic rings. The molecule has 1 aromatic rings. The molecule has 0 unspecified atom stereocenters. The zero-order valence-corrected chi connectivity index (χ0v) is 8.58. The molecule has 0 aromatic heterocycles. The molecule has 0 amide bonds. The average molecular weight is 203 g/mol. The number of carboxylic acids is 1. The van der Waals surface area contributed by atoms with E-state index < -0.39 is 5.97 Å². The van der Waals surface area contributed by atoms with Gasteiger partial charge in [-0.1, -0.05) is 0 Å². The molecule has 0 atom stereocenters. The molecule has 0 saturated carbocycles. The molecule has 0 bridgehead atoms. The third-order valence-electron chi connectivity index (χ3n) is 2.06. The third-order valence-corrected chi connectivity index (χ3v) is 2.06. The van der Waals surface area contributed by atoms with Gasteiger partial charge >= 0.3 is 5.97 Å². The molecule has 78 valence electrons. The van der Waals surface area contributed by atoms with Crippen LogP contribution in [0.1, 0.15) is 22.3 Å². The smallest absolute Gasteiger partial charge is 0.335 e. The Morgan fingerprint density at radius 2 is 2.33 bits per heavy atom. The van der Waals surface area contributed by atoms with E-state index in [0.717, 1.165) is 11.3 Å². The van der Waals surface area contributed by atoms with Gasteiger partial charge in [-0.25, -0.2) is 4.79 Å². The van der Waals surface area contributed by atoms with Crippen molar-refractivity contribution >= 4 is 11.7 Å². The lowest BCUT2D eigenvalue weighted by Gasteiger charge is -2.07. The van der Waals surface area contributed by atoms with Crippen LogP contribution in [0.15, 0.2) is 18.2 Å². The van der Waals surface area contributed by atoms with Gasteiger partial charge in [0, 0.05) is 18.7 Å². The minimum atomic E-state index is -0.900. The summed E-state index contributed by atoms with van der Waals surface area (Å²) in [5.74, 6) is 1.63. The maximum atomic E-state index is 10.7. The quantitative estimate of drug-likeness (QED) is 0.582. The molecule has 3 nitrogen and oxygen atoms in total. The fraction of sp³-hybridized carbons (Fsp3) is 0.250. The number of nitrogens with one attached hydrogen (secondary N) is 1. The van der Waals surface area contributed by atoms with Gasteiger partial charge in [-0.3, -0.25) is 0 Å². The minimum absolute atomic E-state index is 0.331. The first-order valence-corrected chi connectivity index (χ1v) is 4.66. The van der Waals surface area contributed by atoms with Crippen LogP contribution in [0, 0.1) is 19.3 Å². The van der Waals surface area contributed by atoms with Crippen LogP contribution in [0.25, 0.3) is 0 Å². The Morgan fingerprint density at radius 3 is 2.87 bits per heavy atom. The molecule has 0 saturated heterocycles. The van der Waals surface area contributed by atoms with E-state index in [9.17, 15) is 4.79 Å². The van der Waals surface area contributed by atoms with Crippen molar-refractivity contribution in [2.75, 3.05) is 11.9 Å². The van der Waals surface area contributed by atoms with E-state index in [0.29, 0.717) is 18.5 Å². The average Bonchev–Trinajstić information content (AvgIpc) is 2.17. The lowest BCUT2D eigenvalue weighted by atomic mass is 10.1. The highest BCUT2D eigenvalue weighted by molar-refractivity contribution is 5.89. The summed E-state index contributed by atoms with van der Waals surface area (Å²) in [6, 6.07) is 5.14. The van der Waals surface area contributed by atoms with Gasteiger partial charge in [0.2, 0.25) is 0 Å². The van der Waals surface area contributed by atoms with E-state index >= 15 is 0 Å². The van der Waals surface area contributed by atoms with Gasteiger partial charge in [0.05, 0.1) is 5.56 Å². The van der Waals surface area contributed by atoms with E-state index in [1.165, 1.54) is 0 Å². The van der Waals surface area contributed by atoms with Gasteiger partial charge in [0.15, 0.2) is 0 Å². The highest BCUT2D eigenvalue weighted by atomic mass is 16.4. The molecule has 0 fully saturated rings. The van der Waals surface area contributed by atoms with Crippen LogP contribution in [0.5, 0.6) is 0 Å². The van der Waals surface area contributed by atoms with E-state index in [-0.39, 0.29) is 0 Å². The van der Waals surface area contributed by atoms with Gasteiger partial charge in [0.25, 0.3) is 0 Å². The van der Waals surface area contributed by atoms with E-state index in [2.05, 4.69) is 11.2 Å². The number of hydrogen-bond acceptors (Lipinski definition) is 2. The number of aromatic carboxylic acids is 1. The number of carboxylic acid groups (broad SMARTS) is 1. The normalized spacial score (nSPS) is 9.33. The number of terminal acetylenes is 1. The van der Waals surface area contributed by atoms with Crippen molar-refractivity contribution in [3.05, 3.63) is 29.3 Å². The first-order valence-electron chi connectivity index (χ1n) is 4.66. The summed E-state index contributed by atoms with van der Waals surface area (Å²) in [5, 5.41) is 11.9. The van der Waals surface area contributed by atoms with Crippen LogP contribution >= 0.6 is 0 Å². The number of hydrogen-bond donors (Lipinski definition) is 2. The number of rotatable bonds is 4. The molecule has 0 aliphatic heterocycles. The van der Waals surface area contributed by atoms with Gasteiger partial charge in [0.1, 0.15) is 0 Å². The molecule has 0 radical (unpaired) electrons. The second kappa shape index (κ2) is 5.06. The Bertz CT molecular complexity index is 405. The summed E-state index contributed by atoms with van der Waals surface area (Å²) in [6.07, 6.45) is 5.77. The predicted octanol–water partition coefficient (Wildman–Crippen LogP) is 2.13. The monoisotopic (exact) mass is 203 g/mol. The van der Waals surface area contributed by atoms with Crippen LogP contribution in [0.2, 0.25) is 0 Å². The van der Waals surface area contributed by atoms with E-state index in [1.54, 1.807) is 25.1 Å². The lowest BCUT2D eigenvalue weighted by molar-refractivity contribution is 0.0696. The predicted molar refractivity (Wildman–Crippen MR) is 60.1 cm³/mol. The second-order valence-electron chi connectivity index (χ2n) is 3.22. The van der Waals surface area contributed by atoms with Crippen molar-refractivity contribution in [3.8, 4) is 12.3 Å². The molecule has 1 aromatic carbocycles. The summed E-state index contributed by atoms with van der Waals surface area (Å²) >= 11 is 0. The molecule has 3 heteroatoms. The van der Waals surface area contributed by atoms with Crippen molar-refractivity contribution in [2.24, 2.45) is 0 Å². The number of aryl methyl sites for hydroxylation is 1. The molecule has 1 rings (SSSR count). The maximum absolute atomic E-state index is 10.7. The van der Waals surface area contributed by atoms with Crippen LogP contribution in [0.3, 0.4) is 0 Å². The zero-order valence-electron chi connectivity index (χ0n) is 8.58. The summed E-state index contributed by atoms with van der Waals surface area (Å²) < 4.78 is 0. The summed E-state index contributed by atoms with van der Waals surface area (Å²) in [7, 11) is 0. The molecular weight excluding hydrogens is 190 g/mol. The van der Waals surface area contributed by atoms with Crippen LogP contribution in [-0.4, -0.2) is 17.6 Å². The Kier molecular flexibility index (Phi) is 3.75. The topological polar surface area (TPSA) is 49.3 Å². The first kappa shape index (κ1) is 11.1. The number of anilines is 1. The summed E-state index contributed by atoms with van der Waals surface area (Å²) in [5.41, 5.74) is 1.97. The molecule has 0 aliphatic carbocycles. The Balaban J connectivity index is 2.74. The van der Waals surface area contributed by atoms with Gasteiger partial charge in [-0.2, -0.15) is 0 Å². The zero-order chi connectivity index (χ0) is 11.3. The summed E-state index contributed by atoms with van der Waals surface area (Å²) in [6.45, 7) is 2.47. The van der Waals surface area contributed by atoms with Crippen molar-refractivity contribution < 1.29 is 9.90 Å². The first-order chi connectivity index (χ1) is 7.15. The maximum Gasteiger partial charge on any atom is 0.335 e. The standard InChI is InChI=1S/C12H13NO2/c1-3-4-7-13-10-5-6-11(12(14)15)9(2)8-10/h1,5-6,8,13H,4,7H2,2H3,(H,14,15). The van der Waals surface area contributed by atoms with E-state index in [4.69, 9.17) is 11.5 Å². The van der Waals surface area contributed by atoms with Crippen molar-refractivity contribution in [1.29, 1.82) is 0 Å². The Morgan fingerprint density at radius 1 is 1.60 bits per heavy atom. The van der Waals surface area contributed by atoms with Gasteiger partial charge in [-0.15, -0.1) is 12.3 Å². The lowest BCUT2D eigenvalue weighted by Crippen LogP contribution is -2.03. The van der Waals surface area contributed by atoms with Gasteiger partial charge < -0.3 is 10.4 Å². The molecule has 2 N–H and O–H groups in total. The fourth-order valence-electron chi connectivity index (χ4n) is 1.29. The minimum Gasteiger partial charge on any atom is -0.478 e. The largest absolute Gasteiger partial charge is 0.478 e. The van der Waals surface area contributed by atoms with Crippen LogP contribution in [-0.2, 0) is 0 Å². The highest BCUT2D eigenvalue weighted by Gasteiger charge is 2.06. The second-order valence-corrected chi connectivity index (χ2v) is 3.22. The summed E-state index contributed by atoms with van der Waals surface area (Å²) in [4.78, 5) is 10.7. The number of benzene rings is 1. The fourth-order valence-corrected chi connectivity index (χ4v) is 1.29. The number of carbonyl (C=O) groups is 1. The third kappa shape index (κ3) is 3.03. The molecule has 15 heavy (non-hydrogen) atoms.